The van der Waals surface area contributed by atoms with Crippen molar-refractivity contribution >= 4 is 68.0 Å². The Bertz CT molecular complexity index is 2830. The minimum atomic E-state index is 0.901. The Morgan fingerprint density at radius 3 is 0.650 bits per heavy atom. The molecule has 0 nitrogen and oxygen atoms in total. The Morgan fingerprint density at radius 1 is 0.233 bits per heavy atom. The largest absolute Gasteiger partial charge is 0.134 e. The summed E-state index contributed by atoms with van der Waals surface area (Å²) in [5.74, 6) is 0. The maximum absolute atomic E-state index is 3.85. The SMILES string of the molecule is C=CCc1ccc(-c2ccc(-c3ccc(-c4ccc(-c5ccc(-c6ccc(-c7ccc(-c8ccc(-c9ccc(-c%10ccc(CC=C)cc%10)cc9)s8)s7)s6)s5)s4)s3)cc2)cc1. The first-order valence-electron chi connectivity index (χ1n) is 19.8. The van der Waals surface area contributed by atoms with E-state index in [-0.39, 0.29) is 0 Å². The molecule has 6 heteroatoms. The third-order valence-electron chi connectivity index (χ3n) is 10.5. The lowest BCUT2D eigenvalue weighted by Gasteiger charge is -2.05. The zero-order chi connectivity index (χ0) is 40.4. The third kappa shape index (κ3) is 8.20. The molecule has 6 aromatic heterocycles. The molecule has 0 unspecified atom stereocenters. The molecule has 0 atom stereocenters. The molecule has 0 aliphatic heterocycles. The van der Waals surface area contributed by atoms with Crippen molar-refractivity contribution in [2.45, 2.75) is 12.8 Å². The molecule has 60 heavy (non-hydrogen) atoms. The highest BCUT2D eigenvalue weighted by Crippen LogP contribution is 2.47. The first-order chi connectivity index (χ1) is 29.6. The standard InChI is InChI=1S/C54H38S6/c1-3-5-35-7-11-37(12-8-35)39-15-19-41(20-16-39)43-23-25-45(55-43)47-27-29-49(57-47)51-31-33-53(59-51)54-34-32-52(60-54)50-30-28-48(58-50)46-26-24-44(56-46)42-21-17-40(18-22-42)38-13-9-36(6-4-2)10-14-38/h3-4,7-34H,1-2,5-6H2. The highest BCUT2D eigenvalue weighted by molar-refractivity contribution is 7.30. The van der Waals surface area contributed by atoms with Crippen LogP contribution in [0.2, 0.25) is 0 Å². The Morgan fingerprint density at radius 2 is 0.417 bits per heavy atom. The highest BCUT2D eigenvalue weighted by atomic mass is 32.1. The molecule has 0 N–H and O–H groups in total. The van der Waals surface area contributed by atoms with Gasteiger partial charge in [0.2, 0.25) is 0 Å². The van der Waals surface area contributed by atoms with Crippen molar-refractivity contribution in [3.05, 3.63) is 206 Å². The average Bonchev–Trinajstić information content (AvgIpc) is 4.15. The van der Waals surface area contributed by atoms with Crippen molar-refractivity contribution in [1.82, 2.24) is 0 Å². The van der Waals surface area contributed by atoms with E-state index in [9.17, 15) is 0 Å². The van der Waals surface area contributed by atoms with Crippen LogP contribution < -0.4 is 0 Å². The van der Waals surface area contributed by atoms with Crippen LogP contribution in [-0.4, -0.2) is 0 Å². The molecular weight excluding hydrogens is 841 g/mol. The molecule has 0 bridgehead atoms. The van der Waals surface area contributed by atoms with Gasteiger partial charge in [-0.15, -0.1) is 81.2 Å². The van der Waals surface area contributed by atoms with Gasteiger partial charge in [-0.05, 0) is 130 Å². The van der Waals surface area contributed by atoms with Crippen LogP contribution in [0.15, 0.2) is 195 Å². The van der Waals surface area contributed by atoms with Gasteiger partial charge in [-0.2, -0.15) is 0 Å². The fourth-order valence-corrected chi connectivity index (χ4v) is 13.8. The molecule has 4 aromatic carbocycles. The normalized spacial score (nSPS) is 11.3. The van der Waals surface area contributed by atoms with Crippen molar-refractivity contribution in [2.75, 3.05) is 0 Å². The summed E-state index contributed by atoms with van der Waals surface area (Å²) >= 11 is 11.3. The van der Waals surface area contributed by atoms with Crippen molar-refractivity contribution in [3.8, 4) is 91.9 Å². The second-order valence-electron chi connectivity index (χ2n) is 14.5. The van der Waals surface area contributed by atoms with Crippen molar-refractivity contribution in [3.63, 3.8) is 0 Å². The van der Waals surface area contributed by atoms with Gasteiger partial charge >= 0.3 is 0 Å². The lowest BCUT2D eigenvalue weighted by Crippen LogP contribution is -1.82. The van der Waals surface area contributed by atoms with Gasteiger partial charge in [0.1, 0.15) is 0 Å². The lowest BCUT2D eigenvalue weighted by molar-refractivity contribution is 1.28. The van der Waals surface area contributed by atoms with Crippen LogP contribution in [-0.2, 0) is 12.8 Å². The predicted octanol–water partition coefficient (Wildman–Crippen LogP) is 18.5. The Labute approximate surface area is 376 Å². The van der Waals surface area contributed by atoms with Crippen molar-refractivity contribution in [1.29, 1.82) is 0 Å². The number of thiophene rings is 6. The van der Waals surface area contributed by atoms with Crippen molar-refractivity contribution in [2.24, 2.45) is 0 Å². The first-order valence-corrected chi connectivity index (χ1v) is 24.7. The number of hydrogen-bond donors (Lipinski definition) is 0. The van der Waals surface area contributed by atoms with Gasteiger partial charge in [0, 0.05) is 58.5 Å². The summed E-state index contributed by atoms with van der Waals surface area (Å²) in [7, 11) is 0. The lowest BCUT2D eigenvalue weighted by atomic mass is 10.0. The summed E-state index contributed by atoms with van der Waals surface area (Å²) in [6.45, 7) is 7.71. The molecular formula is C54H38S6. The van der Waals surface area contributed by atoms with E-state index in [0.717, 1.165) is 12.8 Å². The molecule has 0 fully saturated rings. The van der Waals surface area contributed by atoms with Gasteiger partial charge in [0.05, 0.1) is 0 Å². The van der Waals surface area contributed by atoms with Gasteiger partial charge in [-0.1, -0.05) is 109 Å². The third-order valence-corrected chi connectivity index (χ3v) is 18.1. The average molecular weight is 879 g/mol. The van der Waals surface area contributed by atoms with E-state index in [4.69, 9.17) is 0 Å². The quantitative estimate of drug-likeness (QED) is 0.101. The highest BCUT2D eigenvalue weighted by Gasteiger charge is 2.15. The Hall–Kier alpha value is -5.44. The topological polar surface area (TPSA) is 0 Å². The Kier molecular flexibility index (Phi) is 11.2. The van der Waals surface area contributed by atoms with Crippen LogP contribution in [0.25, 0.3) is 91.9 Å². The zero-order valence-corrected chi connectivity index (χ0v) is 37.5. The molecule has 10 rings (SSSR count). The molecule has 0 amide bonds. The molecule has 0 radical (unpaired) electrons. The summed E-state index contributed by atoms with van der Waals surface area (Å²) in [4.78, 5) is 15.8. The molecule has 0 saturated heterocycles. The monoisotopic (exact) mass is 878 g/mol. The summed E-state index contributed by atoms with van der Waals surface area (Å²) in [6.07, 6.45) is 5.70. The maximum atomic E-state index is 3.85. The van der Waals surface area contributed by atoms with E-state index in [1.165, 1.54) is 103 Å². The van der Waals surface area contributed by atoms with Gasteiger partial charge in [0.25, 0.3) is 0 Å². The van der Waals surface area contributed by atoms with E-state index in [0.29, 0.717) is 0 Å². The molecule has 6 heterocycles. The zero-order valence-electron chi connectivity index (χ0n) is 32.6. The molecule has 0 saturated carbocycles. The van der Waals surface area contributed by atoms with E-state index in [1.54, 1.807) is 0 Å². The predicted molar refractivity (Wildman–Crippen MR) is 270 cm³/mol. The smallest absolute Gasteiger partial charge is 0.0449 e. The van der Waals surface area contributed by atoms with Gasteiger partial charge in [-0.3, -0.25) is 0 Å². The van der Waals surface area contributed by atoms with E-state index >= 15 is 0 Å². The molecule has 10 aromatic rings. The van der Waals surface area contributed by atoms with Crippen LogP contribution in [0.3, 0.4) is 0 Å². The van der Waals surface area contributed by atoms with Crippen LogP contribution in [0.5, 0.6) is 0 Å². The van der Waals surface area contributed by atoms with Gasteiger partial charge in [0.15, 0.2) is 0 Å². The summed E-state index contributed by atoms with van der Waals surface area (Å²) in [6, 6.07) is 62.8. The van der Waals surface area contributed by atoms with Gasteiger partial charge < -0.3 is 0 Å². The van der Waals surface area contributed by atoms with Crippen LogP contribution >= 0.6 is 68.0 Å². The second kappa shape index (κ2) is 17.3. The van der Waals surface area contributed by atoms with Crippen LogP contribution in [0, 0.1) is 0 Å². The second-order valence-corrected chi connectivity index (χ2v) is 21.0. The Balaban J connectivity index is 0.785. The number of rotatable bonds is 13. The molecule has 290 valence electrons. The molecule has 0 aliphatic rings. The van der Waals surface area contributed by atoms with Crippen LogP contribution in [0.1, 0.15) is 11.1 Å². The number of hydrogen-bond acceptors (Lipinski definition) is 6. The van der Waals surface area contributed by atoms with Crippen LogP contribution in [0.4, 0.5) is 0 Å². The number of allylic oxidation sites excluding steroid dienone is 2. The minimum Gasteiger partial charge on any atom is -0.134 e. The van der Waals surface area contributed by atoms with E-state index < -0.39 is 0 Å². The maximum Gasteiger partial charge on any atom is 0.0449 e. The molecule has 0 spiro atoms. The minimum absolute atomic E-state index is 0.901. The van der Waals surface area contributed by atoms with Gasteiger partial charge in [-0.25, -0.2) is 0 Å². The van der Waals surface area contributed by atoms with Crippen molar-refractivity contribution < 1.29 is 0 Å². The summed E-state index contributed by atoms with van der Waals surface area (Å²) < 4.78 is 0. The first kappa shape index (κ1) is 38.7. The summed E-state index contributed by atoms with van der Waals surface area (Å²) in [5.41, 5.74) is 10.1. The summed E-state index contributed by atoms with van der Waals surface area (Å²) in [5, 5.41) is 0. The molecule has 0 aliphatic carbocycles. The number of benzene rings is 4. The fraction of sp³-hybridized carbons (Fsp3) is 0.0370. The van der Waals surface area contributed by atoms with E-state index in [2.05, 4.69) is 183 Å². The fourth-order valence-electron chi connectivity index (χ4n) is 7.32. The van der Waals surface area contributed by atoms with E-state index in [1.807, 2.05) is 80.2 Å².